The molecule has 1 aliphatic rings. The van der Waals surface area contributed by atoms with Crippen LogP contribution in [0.1, 0.15) is 18.5 Å². The molecule has 0 fully saturated rings. The van der Waals surface area contributed by atoms with E-state index in [9.17, 15) is 9.59 Å². The highest BCUT2D eigenvalue weighted by Crippen LogP contribution is 2.32. The third-order valence-corrected chi connectivity index (χ3v) is 3.87. The summed E-state index contributed by atoms with van der Waals surface area (Å²) in [6.45, 7) is 9.65. The number of nitrogens with zero attached hydrogens (tertiary/aromatic N) is 1. The van der Waals surface area contributed by atoms with Gasteiger partial charge < -0.3 is 14.8 Å². The lowest BCUT2D eigenvalue weighted by molar-refractivity contribution is -0.136. The predicted octanol–water partition coefficient (Wildman–Crippen LogP) is 2.95. The fourth-order valence-corrected chi connectivity index (χ4v) is 2.69. The third-order valence-electron chi connectivity index (χ3n) is 3.87. The Hall–Kier alpha value is -3.02. The Balaban J connectivity index is 2.47. The molecule has 1 aromatic rings. The Morgan fingerprint density at radius 3 is 2.76 bits per heavy atom. The van der Waals surface area contributed by atoms with Gasteiger partial charge in [-0.1, -0.05) is 30.9 Å². The molecule has 6 heteroatoms. The molecular weight excluding hydrogens is 320 g/mol. The topological polar surface area (TPSA) is 67.9 Å². The van der Waals surface area contributed by atoms with Gasteiger partial charge in [0.2, 0.25) is 0 Å². The van der Waals surface area contributed by atoms with Crippen LogP contribution in [0.4, 0.5) is 4.79 Å². The first-order chi connectivity index (χ1) is 12.0. The fourth-order valence-electron chi connectivity index (χ4n) is 2.69. The molecule has 1 aliphatic heterocycles. The Morgan fingerprint density at radius 2 is 2.12 bits per heavy atom. The van der Waals surface area contributed by atoms with Gasteiger partial charge in [-0.15, -0.1) is 6.58 Å². The quantitative estimate of drug-likeness (QED) is 0.611. The number of rotatable bonds is 7. The molecule has 0 unspecified atom stereocenters. The molecule has 1 heterocycles. The molecule has 0 saturated carbocycles. The van der Waals surface area contributed by atoms with Crippen LogP contribution in [-0.2, 0) is 9.53 Å². The molecule has 0 aliphatic carbocycles. The highest BCUT2D eigenvalue weighted by Gasteiger charge is 2.35. The number of hydrogen-bond donors (Lipinski definition) is 1. The van der Waals surface area contributed by atoms with E-state index in [4.69, 9.17) is 9.47 Å². The summed E-state index contributed by atoms with van der Waals surface area (Å²) in [5, 5.41) is 2.85. The van der Waals surface area contributed by atoms with Gasteiger partial charge in [-0.2, -0.15) is 0 Å². The lowest BCUT2D eigenvalue weighted by Gasteiger charge is -2.34. The summed E-state index contributed by atoms with van der Waals surface area (Å²) in [5.74, 6) is 0.135. The molecule has 0 spiro atoms. The summed E-state index contributed by atoms with van der Waals surface area (Å²) < 4.78 is 10.5. The molecule has 0 bridgehead atoms. The molecule has 0 saturated heterocycles. The number of amides is 2. The van der Waals surface area contributed by atoms with Crippen molar-refractivity contribution in [1.82, 2.24) is 10.2 Å². The van der Waals surface area contributed by atoms with Crippen molar-refractivity contribution in [1.29, 1.82) is 0 Å². The van der Waals surface area contributed by atoms with Crippen LogP contribution in [0.25, 0.3) is 0 Å². The van der Waals surface area contributed by atoms with E-state index in [2.05, 4.69) is 18.5 Å². The van der Waals surface area contributed by atoms with Gasteiger partial charge in [0.25, 0.3) is 0 Å². The zero-order valence-corrected chi connectivity index (χ0v) is 14.5. The number of carbonyl (C=O) groups is 2. The number of urea groups is 1. The second kappa shape index (κ2) is 8.19. The normalized spacial score (nSPS) is 17.0. The zero-order valence-electron chi connectivity index (χ0n) is 14.5. The number of esters is 1. The van der Waals surface area contributed by atoms with Crippen molar-refractivity contribution in [2.24, 2.45) is 0 Å². The highest BCUT2D eigenvalue weighted by molar-refractivity contribution is 5.95. The lowest BCUT2D eigenvalue weighted by atomic mass is 9.94. The van der Waals surface area contributed by atoms with Gasteiger partial charge in [-0.3, -0.25) is 4.90 Å². The van der Waals surface area contributed by atoms with E-state index in [1.165, 1.54) is 12.0 Å². The van der Waals surface area contributed by atoms with E-state index < -0.39 is 12.0 Å². The average Bonchev–Trinajstić information content (AvgIpc) is 2.62. The van der Waals surface area contributed by atoms with Gasteiger partial charge >= 0.3 is 12.0 Å². The molecule has 2 amide bonds. The Labute approximate surface area is 147 Å². The van der Waals surface area contributed by atoms with Crippen LogP contribution in [0.15, 0.2) is 60.8 Å². The fraction of sp³-hybridized carbons (Fsp3) is 0.263. The second-order valence-corrected chi connectivity index (χ2v) is 5.44. The van der Waals surface area contributed by atoms with Crippen LogP contribution in [0.5, 0.6) is 5.75 Å². The maximum absolute atomic E-state index is 12.4. The van der Waals surface area contributed by atoms with Crippen molar-refractivity contribution in [2.75, 3.05) is 20.3 Å². The number of methoxy groups -OCH3 is 1. The van der Waals surface area contributed by atoms with Gasteiger partial charge in [-0.05, 0) is 24.6 Å². The zero-order chi connectivity index (χ0) is 18.4. The summed E-state index contributed by atoms with van der Waals surface area (Å²) in [4.78, 5) is 26.2. The van der Waals surface area contributed by atoms with Crippen molar-refractivity contribution in [3.05, 3.63) is 66.4 Å². The van der Waals surface area contributed by atoms with Crippen LogP contribution in [0, 0.1) is 0 Å². The maximum Gasteiger partial charge on any atom is 0.337 e. The molecule has 1 aromatic carbocycles. The number of allylic oxidation sites excluding steroid dienone is 1. The number of benzene rings is 1. The molecule has 0 aromatic heterocycles. The first-order valence-corrected chi connectivity index (χ1v) is 7.85. The number of ether oxygens (including phenoxy) is 2. The first kappa shape index (κ1) is 18.3. The minimum atomic E-state index is -0.617. The van der Waals surface area contributed by atoms with Gasteiger partial charge in [-0.25, -0.2) is 9.59 Å². The van der Waals surface area contributed by atoms with Crippen molar-refractivity contribution in [3.63, 3.8) is 0 Å². The smallest absolute Gasteiger partial charge is 0.337 e. The second-order valence-electron chi connectivity index (χ2n) is 5.44. The van der Waals surface area contributed by atoms with E-state index in [-0.39, 0.29) is 6.03 Å². The molecule has 6 nitrogen and oxygen atoms in total. The van der Waals surface area contributed by atoms with Crippen LogP contribution < -0.4 is 10.1 Å². The van der Waals surface area contributed by atoms with Gasteiger partial charge in [0.1, 0.15) is 12.4 Å². The Bertz CT molecular complexity index is 724. The Kier molecular flexibility index (Phi) is 6.00. The van der Waals surface area contributed by atoms with Gasteiger partial charge in [0.15, 0.2) is 0 Å². The van der Waals surface area contributed by atoms with E-state index in [1.54, 1.807) is 37.3 Å². The third kappa shape index (κ3) is 3.91. The summed E-state index contributed by atoms with van der Waals surface area (Å²) >= 11 is 0. The largest absolute Gasteiger partial charge is 0.490 e. The summed E-state index contributed by atoms with van der Waals surface area (Å²) in [6, 6.07) is 6.30. The minimum absolute atomic E-state index is 0.299. The van der Waals surface area contributed by atoms with Gasteiger partial charge in [0.05, 0.1) is 18.7 Å². The van der Waals surface area contributed by atoms with Crippen LogP contribution >= 0.6 is 0 Å². The standard InChI is InChI=1S/C19H22N2O4/c1-5-10-21-13(3)16(18(22)24-4)17(20-19(21)23)14-8-7-9-15(12-14)25-11-6-2/h5-9,12,17H,1-2,10-11H2,3-4H3,(H,20,23)/t17-/m0/s1. The lowest BCUT2D eigenvalue weighted by Crippen LogP contribution is -2.48. The molecule has 1 atom stereocenters. The summed E-state index contributed by atoms with van der Waals surface area (Å²) in [6.07, 6.45) is 3.24. The summed E-state index contributed by atoms with van der Waals surface area (Å²) in [5.41, 5.74) is 1.65. The summed E-state index contributed by atoms with van der Waals surface area (Å²) in [7, 11) is 1.32. The molecule has 25 heavy (non-hydrogen) atoms. The average molecular weight is 342 g/mol. The monoisotopic (exact) mass is 342 g/mol. The van der Waals surface area contributed by atoms with Crippen molar-refractivity contribution >= 4 is 12.0 Å². The Morgan fingerprint density at radius 1 is 1.36 bits per heavy atom. The van der Waals surface area contributed by atoms with Crippen molar-refractivity contribution < 1.29 is 19.1 Å². The SMILES string of the molecule is C=CCOc1cccc([C@@H]2NC(=O)N(CC=C)C(C)=C2C(=O)OC)c1. The first-order valence-electron chi connectivity index (χ1n) is 7.85. The number of hydrogen-bond acceptors (Lipinski definition) is 4. The number of nitrogens with one attached hydrogen (secondary N) is 1. The number of carbonyl (C=O) groups excluding carboxylic acids is 2. The molecule has 0 radical (unpaired) electrons. The van der Waals surface area contributed by atoms with Crippen LogP contribution in [0.3, 0.4) is 0 Å². The van der Waals surface area contributed by atoms with Crippen molar-refractivity contribution in [3.8, 4) is 5.75 Å². The van der Waals surface area contributed by atoms with E-state index >= 15 is 0 Å². The minimum Gasteiger partial charge on any atom is -0.490 e. The molecular formula is C19H22N2O4. The van der Waals surface area contributed by atoms with Crippen LogP contribution in [-0.4, -0.2) is 37.2 Å². The molecule has 1 N–H and O–H groups in total. The van der Waals surface area contributed by atoms with E-state index in [1.807, 2.05) is 6.07 Å². The van der Waals surface area contributed by atoms with Gasteiger partial charge in [0, 0.05) is 12.2 Å². The van der Waals surface area contributed by atoms with Crippen LogP contribution in [0.2, 0.25) is 0 Å². The van der Waals surface area contributed by atoms with E-state index in [0.29, 0.717) is 30.2 Å². The predicted molar refractivity (Wildman–Crippen MR) is 95.0 cm³/mol. The van der Waals surface area contributed by atoms with Crippen molar-refractivity contribution in [2.45, 2.75) is 13.0 Å². The molecule has 132 valence electrons. The maximum atomic E-state index is 12.4. The highest BCUT2D eigenvalue weighted by atomic mass is 16.5. The van der Waals surface area contributed by atoms with E-state index in [0.717, 1.165) is 5.56 Å². The molecule has 2 rings (SSSR count).